The Labute approximate surface area is 164 Å². The Morgan fingerprint density at radius 2 is 1.84 bits per heavy atom. The van der Waals surface area contributed by atoms with Gasteiger partial charge in [-0.1, -0.05) is 61.2 Å². The van der Waals surface area contributed by atoms with Gasteiger partial charge in [0, 0.05) is 23.5 Å². The lowest BCUT2D eigenvalue weighted by atomic mass is 10.1. The first-order chi connectivity index (χ1) is 11.8. The predicted molar refractivity (Wildman–Crippen MR) is 114 cm³/mol. The number of benzene rings is 2. The zero-order chi connectivity index (χ0) is 16.8. The third kappa shape index (κ3) is 5.19. The predicted octanol–water partition coefficient (Wildman–Crippen LogP) is 5.01. The second-order valence-electron chi connectivity index (χ2n) is 5.76. The number of aryl methyl sites for hydroxylation is 1. The van der Waals surface area contributed by atoms with Crippen LogP contribution in [0, 0.1) is 0 Å². The molecule has 0 radical (unpaired) electrons. The van der Waals surface area contributed by atoms with Gasteiger partial charge in [0.2, 0.25) is 0 Å². The minimum Gasteiger partial charge on any atom is -0.313 e. The minimum absolute atomic E-state index is 0. The van der Waals surface area contributed by atoms with Crippen molar-refractivity contribution < 1.29 is 4.79 Å². The Morgan fingerprint density at radius 3 is 2.44 bits per heavy atom. The molecule has 3 nitrogen and oxygen atoms in total. The topological polar surface area (TPSA) is 32.7 Å². The van der Waals surface area contributed by atoms with Gasteiger partial charge in [-0.2, -0.15) is 0 Å². The molecule has 0 aliphatic carbocycles. The van der Waals surface area contributed by atoms with E-state index in [-0.39, 0.29) is 22.8 Å². The average Bonchev–Trinajstić information content (AvgIpc) is 2.67. The number of hydrogen-bond donors (Lipinski definition) is 0. The van der Waals surface area contributed by atoms with E-state index in [9.17, 15) is 4.79 Å². The summed E-state index contributed by atoms with van der Waals surface area (Å²) < 4.78 is 0. The summed E-state index contributed by atoms with van der Waals surface area (Å²) in [5, 5.41) is 0.950. The van der Waals surface area contributed by atoms with Crippen LogP contribution in [0.1, 0.15) is 29.3 Å². The van der Waals surface area contributed by atoms with Gasteiger partial charge in [0.05, 0.1) is 6.54 Å². The van der Waals surface area contributed by atoms with Crippen molar-refractivity contribution in [1.29, 1.82) is 0 Å². The number of aliphatic imine (C=N–C) groups is 1. The molecule has 0 saturated carbocycles. The highest BCUT2D eigenvalue weighted by Crippen LogP contribution is 2.23. The fraction of sp³-hybridized carbons (Fsp3) is 0.300. The molecule has 132 valence electrons. The number of para-hydroxylation sites is 1. The number of nitrogens with zero attached hydrogens (tertiary/aromatic N) is 2. The molecular weight excluding hydrogens is 396 g/mol. The van der Waals surface area contributed by atoms with Gasteiger partial charge in [0.25, 0.3) is 0 Å². The summed E-state index contributed by atoms with van der Waals surface area (Å²) in [6.45, 7) is 3.28. The average molecular weight is 419 g/mol. The molecule has 0 aromatic heterocycles. The van der Waals surface area contributed by atoms with Crippen LogP contribution in [0.15, 0.2) is 59.6 Å². The molecule has 0 saturated heterocycles. The van der Waals surface area contributed by atoms with Gasteiger partial charge in [0.15, 0.2) is 11.0 Å². The van der Waals surface area contributed by atoms with Crippen LogP contribution in [0.3, 0.4) is 0 Å². The smallest absolute Gasteiger partial charge is 0.182 e. The quantitative estimate of drug-likeness (QED) is 0.639. The Bertz CT molecular complexity index is 716. The summed E-state index contributed by atoms with van der Waals surface area (Å²) >= 11 is 1.73. The highest BCUT2D eigenvalue weighted by molar-refractivity contribution is 8.93. The van der Waals surface area contributed by atoms with Crippen LogP contribution in [0.2, 0.25) is 0 Å². The van der Waals surface area contributed by atoms with Gasteiger partial charge in [-0.3, -0.25) is 9.79 Å². The van der Waals surface area contributed by atoms with Crippen LogP contribution in [0.25, 0.3) is 0 Å². The zero-order valence-corrected chi connectivity index (χ0v) is 16.9. The Balaban J connectivity index is 0.00000225. The maximum Gasteiger partial charge on any atom is 0.182 e. The highest BCUT2D eigenvalue weighted by Gasteiger charge is 2.20. The molecule has 5 heteroatoms. The summed E-state index contributed by atoms with van der Waals surface area (Å²) in [5.74, 6) is 1.18. The summed E-state index contributed by atoms with van der Waals surface area (Å²) in [6, 6.07) is 18.0. The van der Waals surface area contributed by atoms with Crippen LogP contribution >= 0.6 is 28.7 Å². The molecule has 2 aromatic carbocycles. The molecule has 0 spiro atoms. The summed E-state index contributed by atoms with van der Waals surface area (Å²) in [6.07, 6.45) is 2.08. The van der Waals surface area contributed by atoms with Crippen molar-refractivity contribution in [2.45, 2.75) is 19.8 Å². The van der Waals surface area contributed by atoms with Crippen LogP contribution in [-0.4, -0.2) is 29.8 Å². The number of rotatable bonds is 5. The van der Waals surface area contributed by atoms with Crippen molar-refractivity contribution in [2.75, 3.05) is 23.7 Å². The molecule has 1 heterocycles. The number of thioether (sulfide) groups is 1. The third-order valence-electron chi connectivity index (χ3n) is 4.07. The maximum absolute atomic E-state index is 12.8. The molecule has 0 amide bonds. The molecule has 0 fully saturated rings. The van der Waals surface area contributed by atoms with E-state index in [0.29, 0.717) is 6.54 Å². The van der Waals surface area contributed by atoms with E-state index < -0.39 is 0 Å². The van der Waals surface area contributed by atoms with Gasteiger partial charge >= 0.3 is 0 Å². The molecule has 1 aliphatic heterocycles. The number of hydrogen-bond acceptors (Lipinski definition) is 4. The Kier molecular flexibility index (Phi) is 7.72. The molecule has 1 aliphatic rings. The first-order valence-corrected chi connectivity index (χ1v) is 9.38. The fourth-order valence-corrected chi connectivity index (χ4v) is 3.61. The third-order valence-corrected chi connectivity index (χ3v) is 5.17. The van der Waals surface area contributed by atoms with Gasteiger partial charge in [-0.15, -0.1) is 17.0 Å². The number of halogens is 1. The van der Waals surface area contributed by atoms with E-state index in [1.165, 1.54) is 5.56 Å². The summed E-state index contributed by atoms with van der Waals surface area (Å²) in [7, 11) is 0. The maximum atomic E-state index is 12.8. The molecule has 0 bridgehead atoms. The lowest BCUT2D eigenvalue weighted by Crippen LogP contribution is -2.35. The van der Waals surface area contributed by atoms with Crippen molar-refractivity contribution in [3.8, 4) is 0 Å². The van der Waals surface area contributed by atoms with E-state index in [1.54, 1.807) is 11.8 Å². The molecule has 0 unspecified atom stereocenters. The van der Waals surface area contributed by atoms with E-state index in [1.807, 2.05) is 59.5 Å². The first-order valence-electron chi connectivity index (χ1n) is 8.40. The summed E-state index contributed by atoms with van der Waals surface area (Å²) in [4.78, 5) is 19.4. The monoisotopic (exact) mass is 418 g/mol. The number of carbonyl (C=O) groups is 1. The van der Waals surface area contributed by atoms with E-state index in [4.69, 9.17) is 0 Å². The highest BCUT2D eigenvalue weighted by atomic mass is 79.9. The lowest BCUT2D eigenvalue weighted by Gasteiger charge is -2.27. The second-order valence-corrected chi connectivity index (χ2v) is 6.82. The molecular formula is C20H23BrN2OS. The fourth-order valence-electron chi connectivity index (χ4n) is 2.65. The Morgan fingerprint density at radius 1 is 1.12 bits per heavy atom. The number of Topliss-reactive ketones (excluding diaryl/α,β-unsaturated/α-hetero) is 1. The van der Waals surface area contributed by atoms with Crippen LogP contribution in [0.4, 0.5) is 5.69 Å². The van der Waals surface area contributed by atoms with Crippen molar-refractivity contribution in [2.24, 2.45) is 4.99 Å². The van der Waals surface area contributed by atoms with Crippen LogP contribution in [0.5, 0.6) is 0 Å². The van der Waals surface area contributed by atoms with E-state index in [2.05, 4.69) is 11.9 Å². The normalized spacial score (nSPS) is 13.6. The Hall–Kier alpha value is -1.59. The standard InChI is InChI=1S/C20H22N2OS.BrH/c1-2-16-9-11-17(12-10-16)19(23)15-22(18-7-4-3-5-8-18)20-21-13-6-14-24-20;/h3-5,7-12H,2,6,13-15H2,1H3;1H. The summed E-state index contributed by atoms with van der Waals surface area (Å²) in [5.41, 5.74) is 3.03. The van der Waals surface area contributed by atoms with Gasteiger partial charge in [-0.05, 0) is 30.5 Å². The molecule has 25 heavy (non-hydrogen) atoms. The number of anilines is 1. The molecule has 0 N–H and O–H groups in total. The second kappa shape index (κ2) is 9.78. The minimum atomic E-state index is 0. The number of ketones is 1. The SMILES string of the molecule is Br.CCc1ccc(C(=O)CN(C2=NCCCS2)c2ccccc2)cc1. The van der Waals surface area contributed by atoms with Gasteiger partial charge in [-0.25, -0.2) is 0 Å². The van der Waals surface area contributed by atoms with Crippen molar-refractivity contribution >= 4 is 45.4 Å². The molecule has 0 atom stereocenters. The van der Waals surface area contributed by atoms with E-state index in [0.717, 1.165) is 41.6 Å². The van der Waals surface area contributed by atoms with Crippen LogP contribution < -0.4 is 4.90 Å². The van der Waals surface area contributed by atoms with Crippen molar-refractivity contribution in [3.63, 3.8) is 0 Å². The zero-order valence-electron chi connectivity index (χ0n) is 14.4. The van der Waals surface area contributed by atoms with E-state index >= 15 is 0 Å². The first kappa shape index (κ1) is 19.7. The number of amidine groups is 1. The van der Waals surface area contributed by atoms with Gasteiger partial charge < -0.3 is 4.90 Å². The lowest BCUT2D eigenvalue weighted by molar-refractivity contribution is 0.100. The largest absolute Gasteiger partial charge is 0.313 e. The van der Waals surface area contributed by atoms with Gasteiger partial charge in [0.1, 0.15) is 0 Å². The van der Waals surface area contributed by atoms with Crippen molar-refractivity contribution in [3.05, 3.63) is 65.7 Å². The molecule has 3 rings (SSSR count). The molecule has 2 aromatic rings. The van der Waals surface area contributed by atoms with Crippen molar-refractivity contribution in [1.82, 2.24) is 0 Å². The number of carbonyl (C=O) groups excluding carboxylic acids is 1. The van der Waals surface area contributed by atoms with Crippen LogP contribution in [-0.2, 0) is 6.42 Å².